The minimum absolute atomic E-state index is 0.0929. The molecule has 0 spiro atoms. The zero-order chi connectivity index (χ0) is 14.7. The Morgan fingerprint density at radius 3 is 2.37 bits per heavy atom. The van der Waals surface area contributed by atoms with Gasteiger partial charge in [0.05, 0.1) is 0 Å². The van der Waals surface area contributed by atoms with Crippen LogP contribution in [-0.4, -0.2) is 20.5 Å². The Kier molecular flexibility index (Phi) is 5.06. The summed E-state index contributed by atoms with van der Waals surface area (Å²) in [6.45, 7) is 5.58. The van der Waals surface area contributed by atoms with Crippen molar-refractivity contribution in [3.63, 3.8) is 0 Å². The molecule has 1 rings (SSSR count). The SMILES string of the molecule is CCC(N)(CC)CNS(=O)(=O)c1ccc(C)cc1F. The van der Waals surface area contributed by atoms with Crippen molar-refractivity contribution in [2.45, 2.75) is 44.0 Å². The molecule has 4 nitrogen and oxygen atoms in total. The second kappa shape index (κ2) is 5.98. The summed E-state index contributed by atoms with van der Waals surface area (Å²) in [5.41, 5.74) is 6.09. The van der Waals surface area contributed by atoms with Gasteiger partial charge in [0, 0.05) is 12.1 Å². The standard InChI is InChI=1S/C13H21FN2O2S/c1-4-13(15,5-2)9-16-19(17,18)12-7-6-10(3)8-11(12)14/h6-8,16H,4-5,9,15H2,1-3H3. The van der Waals surface area contributed by atoms with E-state index < -0.39 is 21.4 Å². The molecule has 19 heavy (non-hydrogen) atoms. The van der Waals surface area contributed by atoms with E-state index in [0.717, 1.165) is 0 Å². The normalized spacial score (nSPS) is 12.7. The predicted molar refractivity (Wildman–Crippen MR) is 73.8 cm³/mol. The molecule has 0 saturated heterocycles. The van der Waals surface area contributed by atoms with E-state index in [9.17, 15) is 12.8 Å². The number of nitrogens with one attached hydrogen (secondary N) is 1. The van der Waals surface area contributed by atoms with Crippen molar-refractivity contribution in [2.75, 3.05) is 6.54 Å². The summed E-state index contributed by atoms with van der Waals surface area (Å²) in [5, 5.41) is 0. The van der Waals surface area contributed by atoms with Gasteiger partial charge in [-0.2, -0.15) is 0 Å². The molecule has 0 unspecified atom stereocenters. The van der Waals surface area contributed by atoms with Gasteiger partial charge < -0.3 is 5.73 Å². The lowest BCUT2D eigenvalue weighted by Gasteiger charge is -2.26. The number of rotatable bonds is 6. The van der Waals surface area contributed by atoms with Crippen molar-refractivity contribution in [1.82, 2.24) is 4.72 Å². The van der Waals surface area contributed by atoms with Crippen LogP contribution in [0.25, 0.3) is 0 Å². The third-order valence-electron chi connectivity index (χ3n) is 3.40. The van der Waals surface area contributed by atoms with Gasteiger partial charge in [0.15, 0.2) is 0 Å². The summed E-state index contributed by atoms with van der Waals surface area (Å²) < 4.78 is 40.1. The molecular weight excluding hydrogens is 267 g/mol. The fourth-order valence-electron chi connectivity index (χ4n) is 1.64. The molecule has 0 bridgehead atoms. The molecule has 0 amide bonds. The Labute approximate surface area is 114 Å². The van der Waals surface area contributed by atoms with Crippen LogP contribution in [0.15, 0.2) is 23.1 Å². The van der Waals surface area contributed by atoms with Gasteiger partial charge in [-0.05, 0) is 37.5 Å². The lowest BCUT2D eigenvalue weighted by Crippen LogP contribution is -2.49. The van der Waals surface area contributed by atoms with Crippen molar-refractivity contribution >= 4 is 10.0 Å². The van der Waals surface area contributed by atoms with Gasteiger partial charge in [-0.1, -0.05) is 19.9 Å². The minimum atomic E-state index is -3.87. The van der Waals surface area contributed by atoms with Crippen molar-refractivity contribution < 1.29 is 12.8 Å². The summed E-state index contributed by atoms with van der Waals surface area (Å²) in [7, 11) is -3.87. The van der Waals surface area contributed by atoms with Crippen LogP contribution in [0.2, 0.25) is 0 Å². The molecule has 0 aliphatic heterocycles. The Hall–Kier alpha value is -0.980. The van der Waals surface area contributed by atoms with E-state index in [1.54, 1.807) is 13.0 Å². The van der Waals surface area contributed by atoms with E-state index in [2.05, 4.69) is 4.72 Å². The highest BCUT2D eigenvalue weighted by Gasteiger charge is 2.25. The number of aryl methyl sites for hydroxylation is 1. The Bertz CT molecular complexity index is 540. The van der Waals surface area contributed by atoms with E-state index >= 15 is 0 Å². The molecule has 0 heterocycles. The van der Waals surface area contributed by atoms with Gasteiger partial charge in [0.1, 0.15) is 10.7 Å². The molecule has 1 aromatic rings. The molecule has 0 fully saturated rings. The molecule has 108 valence electrons. The van der Waals surface area contributed by atoms with Crippen molar-refractivity contribution in [3.05, 3.63) is 29.6 Å². The zero-order valence-corrected chi connectivity index (χ0v) is 12.3. The van der Waals surface area contributed by atoms with E-state index in [0.29, 0.717) is 18.4 Å². The quantitative estimate of drug-likeness (QED) is 0.840. The van der Waals surface area contributed by atoms with Gasteiger partial charge in [0.25, 0.3) is 0 Å². The molecule has 0 saturated carbocycles. The summed E-state index contributed by atoms with van der Waals surface area (Å²) in [6, 6.07) is 4.03. The first kappa shape index (κ1) is 16.1. The Morgan fingerprint density at radius 1 is 1.32 bits per heavy atom. The fourth-order valence-corrected chi connectivity index (χ4v) is 2.84. The first-order valence-electron chi connectivity index (χ1n) is 6.29. The number of hydrogen-bond acceptors (Lipinski definition) is 3. The summed E-state index contributed by atoms with van der Waals surface area (Å²) in [4.78, 5) is -0.340. The number of halogens is 1. The largest absolute Gasteiger partial charge is 0.324 e. The van der Waals surface area contributed by atoms with E-state index in [-0.39, 0.29) is 11.4 Å². The molecule has 6 heteroatoms. The van der Waals surface area contributed by atoms with Crippen LogP contribution in [0.1, 0.15) is 32.3 Å². The topological polar surface area (TPSA) is 72.2 Å². The average Bonchev–Trinajstić information content (AvgIpc) is 2.35. The number of benzene rings is 1. The number of nitrogens with two attached hydrogens (primary N) is 1. The molecule has 0 aliphatic carbocycles. The van der Waals surface area contributed by atoms with Crippen molar-refractivity contribution in [3.8, 4) is 0 Å². The van der Waals surface area contributed by atoms with Crippen molar-refractivity contribution in [1.29, 1.82) is 0 Å². The molecule has 0 radical (unpaired) electrons. The van der Waals surface area contributed by atoms with E-state index in [1.165, 1.54) is 12.1 Å². The second-order valence-electron chi connectivity index (χ2n) is 4.83. The van der Waals surface area contributed by atoms with Gasteiger partial charge in [-0.25, -0.2) is 17.5 Å². The molecule has 1 aromatic carbocycles. The fraction of sp³-hybridized carbons (Fsp3) is 0.538. The van der Waals surface area contributed by atoms with E-state index in [4.69, 9.17) is 5.73 Å². The highest BCUT2D eigenvalue weighted by molar-refractivity contribution is 7.89. The molecule has 3 N–H and O–H groups in total. The predicted octanol–water partition coefficient (Wildman–Crippen LogP) is 1.93. The smallest absolute Gasteiger partial charge is 0.243 e. The molecular formula is C13H21FN2O2S. The first-order chi connectivity index (χ1) is 8.74. The zero-order valence-electron chi connectivity index (χ0n) is 11.5. The average molecular weight is 288 g/mol. The van der Waals surface area contributed by atoms with Gasteiger partial charge in [0.2, 0.25) is 10.0 Å². The van der Waals surface area contributed by atoms with Gasteiger partial charge in [-0.15, -0.1) is 0 Å². The third kappa shape index (κ3) is 3.99. The van der Waals surface area contributed by atoms with Crippen LogP contribution in [0.4, 0.5) is 4.39 Å². The Balaban J connectivity index is 2.93. The van der Waals surface area contributed by atoms with Gasteiger partial charge >= 0.3 is 0 Å². The first-order valence-corrected chi connectivity index (χ1v) is 7.77. The second-order valence-corrected chi connectivity index (χ2v) is 6.56. The van der Waals surface area contributed by atoms with Crippen molar-refractivity contribution in [2.24, 2.45) is 5.73 Å². The van der Waals surface area contributed by atoms with Crippen LogP contribution in [0.5, 0.6) is 0 Å². The van der Waals surface area contributed by atoms with E-state index in [1.807, 2.05) is 13.8 Å². The van der Waals surface area contributed by atoms with Crippen LogP contribution < -0.4 is 10.5 Å². The Morgan fingerprint density at radius 2 is 1.89 bits per heavy atom. The maximum Gasteiger partial charge on any atom is 0.243 e. The van der Waals surface area contributed by atoms with Crippen LogP contribution >= 0.6 is 0 Å². The monoisotopic (exact) mass is 288 g/mol. The number of sulfonamides is 1. The highest BCUT2D eigenvalue weighted by atomic mass is 32.2. The number of hydrogen-bond donors (Lipinski definition) is 2. The highest BCUT2D eigenvalue weighted by Crippen LogP contribution is 2.17. The maximum absolute atomic E-state index is 13.7. The maximum atomic E-state index is 13.7. The molecule has 0 aromatic heterocycles. The summed E-state index contributed by atoms with van der Waals surface area (Å²) >= 11 is 0. The summed E-state index contributed by atoms with van der Waals surface area (Å²) in [5.74, 6) is -0.747. The molecule has 0 atom stereocenters. The van der Waals surface area contributed by atoms with Crippen LogP contribution in [0.3, 0.4) is 0 Å². The van der Waals surface area contributed by atoms with Crippen LogP contribution in [-0.2, 0) is 10.0 Å². The van der Waals surface area contributed by atoms with Crippen LogP contribution in [0, 0.1) is 12.7 Å². The lowest BCUT2D eigenvalue weighted by atomic mass is 9.95. The minimum Gasteiger partial charge on any atom is -0.324 e. The van der Waals surface area contributed by atoms with Gasteiger partial charge in [-0.3, -0.25) is 0 Å². The lowest BCUT2D eigenvalue weighted by molar-refractivity contribution is 0.391. The third-order valence-corrected chi connectivity index (χ3v) is 4.83. The summed E-state index contributed by atoms with van der Waals surface area (Å²) in [6.07, 6.45) is 1.28. The molecule has 0 aliphatic rings.